The molecule has 2 aromatic rings. The average Bonchev–Trinajstić information content (AvgIpc) is 2.94. The fourth-order valence-electron chi connectivity index (χ4n) is 7.16. The van der Waals surface area contributed by atoms with E-state index >= 15 is 0 Å². The molecule has 3 aliphatic heterocycles. The van der Waals surface area contributed by atoms with Crippen LogP contribution in [-0.4, -0.2) is 70.2 Å². The molecule has 0 radical (unpaired) electrons. The monoisotopic (exact) mass is 608 g/mol. The zero-order valence-corrected chi connectivity index (χ0v) is 29.1. The van der Waals surface area contributed by atoms with Gasteiger partial charge in [0.1, 0.15) is 11.5 Å². The number of hydrogen-bond donors (Lipinski definition) is 1. The van der Waals surface area contributed by atoms with Crippen LogP contribution in [0.1, 0.15) is 77.4 Å². The van der Waals surface area contributed by atoms with Crippen LogP contribution < -0.4 is 18.6 Å². The molecule has 234 valence electrons. The molecule has 0 unspecified atom stereocenters. The molecule has 5 rings (SSSR count). The zero-order chi connectivity index (χ0) is 31.9. The van der Waals surface area contributed by atoms with E-state index < -0.39 is 14.4 Å². The Bertz CT molecular complexity index is 1540. The van der Waals surface area contributed by atoms with Crippen LogP contribution in [0.2, 0.25) is 18.1 Å². The minimum atomic E-state index is -2.32. The van der Waals surface area contributed by atoms with Crippen molar-refractivity contribution in [3.05, 3.63) is 50.2 Å². The van der Waals surface area contributed by atoms with E-state index in [1.165, 1.54) is 16.7 Å². The normalized spacial score (nSPS) is 21.5. The molecule has 0 aromatic heterocycles. The molecule has 0 spiro atoms. The molecule has 0 saturated carbocycles. The summed E-state index contributed by atoms with van der Waals surface area (Å²) in [5.74, 6) is 2.66. The summed E-state index contributed by atoms with van der Waals surface area (Å²) in [6.07, 6.45) is 2.70. The smallest absolute Gasteiger partial charge is 0.250 e. The Morgan fingerprint density at radius 1 is 0.884 bits per heavy atom. The van der Waals surface area contributed by atoms with E-state index in [0.29, 0.717) is 17.9 Å². The van der Waals surface area contributed by atoms with Crippen LogP contribution in [0.15, 0.2) is 5.70 Å². The van der Waals surface area contributed by atoms with Gasteiger partial charge in [-0.2, -0.15) is 0 Å². The number of piperazine rings is 1. The second-order valence-electron chi connectivity index (χ2n) is 13.8. The SMILES string of the molecule is COc1c(C)c(C)c2c(c1C)[C@@H]1C3=Cc4c(O[Si](C)(C)C(C)(C)C)c(C)c(OC)c(OC)c4[C@H](CO)N3C(=O)[C@H](C2)N1C. The number of carbonyl (C=O) groups is 1. The number of benzene rings is 2. The highest BCUT2D eigenvalue weighted by Gasteiger charge is 2.53. The summed E-state index contributed by atoms with van der Waals surface area (Å²) in [4.78, 5) is 18.5. The first-order valence-electron chi connectivity index (χ1n) is 15.1. The van der Waals surface area contributed by atoms with E-state index in [4.69, 9.17) is 18.6 Å². The van der Waals surface area contributed by atoms with Crippen molar-refractivity contribution in [3.8, 4) is 23.0 Å². The summed E-state index contributed by atoms with van der Waals surface area (Å²) in [6, 6.07) is -1.24. The van der Waals surface area contributed by atoms with E-state index in [2.05, 4.69) is 65.6 Å². The summed E-state index contributed by atoms with van der Waals surface area (Å²) >= 11 is 0. The molecule has 2 aromatic carbocycles. The maximum Gasteiger partial charge on any atom is 0.250 e. The third-order valence-electron chi connectivity index (χ3n) is 10.6. The van der Waals surface area contributed by atoms with Crippen LogP contribution in [0, 0.1) is 27.7 Å². The number of methoxy groups -OCH3 is 3. The molecule has 1 saturated heterocycles. The van der Waals surface area contributed by atoms with Crippen molar-refractivity contribution in [2.75, 3.05) is 35.0 Å². The number of fused-ring (bicyclic) bond motifs is 7. The van der Waals surface area contributed by atoms with Crippen LogP contribution in [0.5, 0.6) is 23.0 Å². The van der Waals surface area contributed by atoms with Crippen molar-refractivity contribution in [3.63, 3.8) is 0 Å². The Balaban J connectivity index is 1.89. The predicted octanol–water partition coefficient (Wildman–Crippen LogP) is 6.16. The Morgan fingerprint density at radius 3 is 2.02 bits per heavy atom. The van der Waals surface area contributed by atoms with Gasteiger partial charge >= 0.3 is 0 Å². The van der Waals surface area contributed by atoms with Crippen LogP contribution in [-0.2, 0) is 11.2 Å². The van der Waals surface area contributed by atoms with E-state index in [9.17, 15) is 9.90 Å². The van der Waals surface area contributed by atoms with Crippen molar-refractivity contribution >= 4 is 20.3 Å². The number of carbonyl (C=O) groups excluding carboxylic acids is 1. The highest BCUT2D eigenvalue weighted by molar-refractivity contribution is 6.74. The molecular weight excluding hydrogens is 560 g/mol. The first kappa shape index (κ1) is 31.4. The molecule has 3 heterocycles. The number of aliphatic hydroxyl groups is 1. The van der Waals surface area contributed by atoms with Gasteiger partial charge in [0.25, 0.3) is 8.32 Å². The largest absolute Gasteiger partial charge is 0.543 e. The summed E-state index contributed by atoms with van der Waals surface area (Å²) < 4.78 is 24.9. The summed E-state index contributed by atoms with van der Waals surface area (Å²) in [6.45, 7) is 19.2. The van der Waals surface area contributed by atoms with Gasteiger partial charge in [0, 0.05) is 22.4 Å². The minimum Gasteiger partial charge on any atom is -0.543 e. The van der Waals surface area contributed by atoms with Gasteiger partial charge in [-0.15, -0.1) is 0 Å². The van der Waals surface area contributed by atoms with Crippen molar-refractivity contribution in [1.29, 1.82) is 0 Å². The summed E-state index contributed by atoms with van der Waals surface area (Å²) in [5, 5.41) is 11.0. The number of ether oxygens (including phenoxy) is 3. The fraction of sp³-hybridized carbons (Fsp3) is 0.559. The van der Waals surface area contributed by atoms with E-state index in [1.54, 1.807) is 21.3 Å². The molecule has 1 amide bonds. The fourth-order valence-corrected chi connectivity index (χ4v) is 8.24. The van der Waals surface area contributed by atoms with Crippen molar-refractivity contribution in [2.24, 2.45) is 0 Å². The summed E-state index contributed by atoms with van der Waals surface area (Å²) in [7, 11) is 4.67. The van der Waals surface area contributed by atoms with Gasteiger partial charge < -0.3 is 28.6 Å². The highest BCUT2D eigenvalue weighted by atomic mass is 28.4. The van der Waals surface area contributed by atoms with E-state index in [1.807, 2.05) is 18.9 Å². The van der Waals surface area contributed by atoms with Crippen molar-refractivity contribution in [2.45, 2.75) is 91.1 Å². The number of aliphatic hydroxyl groups excluding tert-OH is 1. The standard InChI is InChI=1S/C34H48N2O6Si/c1-17-18(2)29(39-9)19(3)26-21(17)14-24-33(38)36-23(28(26)35(24)8)15-22-27(25(36)16-37)32(41-11)31(40-10)20(4)30(22)42-43(12,13)34(5,6)7/h15,24-25,28,37H,14,16H2,1-13H3/t24-,25-,28-/m0/s1. The first-order chi connectivity index (χ1) is 20.1. The minimum absolute atomic E-state index is 0.0284. The van der Waals surface area contributed by atoms with Gasteiger partial charge in [0.05, 0.1) is 46.1 Å². The van der Waals surface area contributed by atoms with Gasteiger partial charge in [-0.25, -0.2) is 0 Å². The van der Waals surface area contributed by atoms with Gasteiger partial charge in [-0.1, -0.05) is 20.8 Å². The number of rotatable bonds is 6. The molecule has 2 bridgehead atoms. The molecule has 1 fully saturated rings. The van der Waals surface area contributed by atoms with Crippen LogP contribution in [0.25, 0.3) is 6.08 Å². The third kappa shape index (κ3) is 4.33. The Labute approximate surface area is 257 Å². The lowest BCUT2D eigenvalue weighted by atomic mass is 9.75. The lowest BCUT2D eigenvalue weighted by Crippen LogP contribution is -2.60. The van der Waals surface area contributed by atoms with Crippen molar-refractivity contribution in [1.82, 2.24) is 9.80 Å². The van der Waals surface area contributed by atoms with E-state index in [-0.39, 0.29) is 29.6 Å². The molecule has 0 aliphatic carbocycles. The van der Waals surface area contributed by atoms with Crippen LogP contribution in [0.3, 0.4) is 0 Å². The Kier molecular flexibility index (Phi) is 7.72. The number of likely N-dealkylation sites (N-methyl/N-ethyl adjacent to an activating group) is 1. The van der Waals surface area contributed by atoms with Gasteiger partial charge in [0.2, 0.25) is 5.91 Å². The highest BCUT2D eigenvalue weighted by Crippen LogP contribution is 2.57. The van der Waals surface area contributed by atoms with Crippen LogP contribution >= 0.6 is 0 Å². The maximum atomic E-state index is 14.5. The second kappa shape index (κ2) is 10.6. The molecule has 3 atom stereocenters. The second-order valence-corrected chi connectivity index (χ2v) is 18.5. The third-order valence-corrected chi connectivity index (χ3v) is 15.0. The molecule has 43 heavy (non-hydrogen) atoms. The zero-order valence-electron chi connectivity index (χ0n) is 28.1. The van der Waals surface area contributed by atoms with Gasteiger partial charge in [-0.3, -0.25) is 9.69 Å². The Hall–Kier alpha value is -3.01. The topological polar surface area (TPSA) is 80.7 Å². The number of hydrogen-bond acceptors (Lipinski definition) is 7. The lowest BCUT2D eigenvalue weighted by molar-refractivity contribution is -0.144. The summed E-state index contributed by atoms with van der Waals surface area (Å²) in [5.41, 5.74) is 8.97. The molecule has 1 N–H and O–H groups in total. The molecule has 9 heteroatoms. The Morgan fingerprint density at radius 2 is 1.49 bits per heavy atom. The van der Waals surface area contributed by atoms with Crippen molar-refractivity contribution < 1.29 is 28.5 Å². The number of amides is 1. The first-order valence-corrected chi connectivity index (χ1v) is 18.0. The average molecular weight is 609 g/mol. The predicted molar refractivity (Wildman–Crippen MR) is 172 cm³/mol. The quantitative estimate of drug-likeness (QED) is 0.394. The van der Waals surface area contributed by atoms with Gasteiger partial charge in [0.15, 0.2) is 11.5 Å². The molecule has 3 aliphatic rings. The van der Waals surface area contributed by atoms with Crippen LogP contribution in [0.4, 0.5) is 0 Å². The lowest BCUT2D eigenvalue weighted by Gasteiger charge is -2.54. The number of nitrogens with zero attached hydrogens (tertiary/aromatic N) is 2. The molecular formula is C34H48N2O6Si. The van der Waals surface area contributed by atoms with Gasteiger partial charge in [-0.05, 0) is 93.2 Å². The van der Waals surface area contributed by atoms with E-state index in [0.717, 1.165) is 45.0 Å². The molecule has 8 nitrogen and oxygen atoms in total. The maximum absolute atomic E-state index is 14.5.